The van der Waals surface area contributed by atoms with E-state index >= 15 is 0 Å². The molecule has 5 heteroatoms. The molecule has 1 aromatic rings. The van der Waals surface area contributed by atoms with Crippen molar-refractivity contribution in [3.05, 3.63) is 11.1 Å². The number of piperidine rings is 2. The Morgan fingerprint density at radius 1 is 1.16 bits per heavy atom. The average molecular weight is 280 g/mol. The van der Waals surface area contributed by atoms with Crippen LogP contribution in [0.15, 0.2) is 6.20 Å². The maximum absolute atomic E-state index is 5.69. The van der Waals surface area contributed by atoms with E-state index in [4.69, 9.17) is 5.73 Å². The maximum Gasteiger partial charge on any atom is 0.180 e. The van der Waals surface area contributed by atoms with E-state index in [1.165, 1.54) is 63.2 Å². The van der Waals surface area contributed by atoms with Gasteiger partial charge < -0.3 is 10.6 Å². The lowest BCUT2D eigenvalue weighted by Gasteiger charge is -2.40. The standard InChI is InChI=1S/C14H24N4S/c15-14-16-10-13(19-14)11-17-8-4-12(5-9-17)18-6-2-1-3-7-18/h10,12H,1-9,11H2,(H2,15,16). The fourth-order valence-corrected chi connectivity index (χ4v) is 4.07. The van der Waals surface area contributed by atoms with Gasteiger partial charge in [0.05, 0.1) is 0 Å². The highest BCUT2D eigenvalue weighted by molar-refractivity contribution is 7.15. The van der Waals surface area contributed by atoms with Crippen LogP contribution in [0, 0.1) is 0 Å². The summed E-state index contributed by atoms with van der Waals surface area (Å²) in [6, 6.07) is 0.836. The highest BCUT2D eigenvalue weighted by atomic mass is 32.1. The van der Waals surface area contributed by atoms with Crippen LogP contribution in [0.3, 0.4) is 0 Å². The first-order valence-electron chi connectivity index (χ1n) is 7.48. The molecule has 2 aliphatic heterocycles. The molecule has 2 N–H and O–H groups in total. The van der Waals surface area contributed by atoms with E-state index < -0.39 is 0 Å². The summed E-state index contributed by atoms with van der Waals surface area (Å²) in [6.45, 7) is 6.13. The largest absolute Gasteiger partial charge is 0.375 e. The number of thiazole rings is 1. The van der Waals surface area contributed by atoms with Crippen molar-refractivity contribution >= 4 is 16.5 Å². The third kappa shape index (κ3) is 3.46. The molecule has 4 nitrogen and oxygen atoms in total. The van der Waals surface area contributed by atoms with E-state index in [9.17, 15) is 0 Å². The summed E-state index contributed by atoms with van der Waals surface area (Å²) in [6.07, 6.45) is 8.82. The summed E-state index contributed by atoms with van der Waals surface area (Å²) in [5.41, 5.74) is 5.69. The van der Waals surface area contributed by atoms with E-state index in [-0.39, 0.29) is 0 Å². The van der Waals surface area contributed by atoms with Gasteiger partial charge in [-0.2, -0.15) is 0 Å². The van der Waals surface area contributed by atoms with Crippen molar-refractivity contribution in [2.24, 2.45) is 0 Å². The molecule has 0 radical (unpaired) electrons. The molecule has 106 valence electrons. The molecule has 3 rings (SSSR count). The predicted octanol–water partition coefficient (Wildman–Crippen LogP) is 2.18. The van der Waals surface area contributed by atoms with Crippen molar-refractivity contribution in [3.63, 3.8) is 0 Å². The number of anilines is 1. The highest BCUT2D eigenvalue weighted by Gasteiger charge is 2.25. The zero-order valence-corrected chi connectivity index (χ0v) is 12.4. The summed E-state index contributed by atoms with van der Waals surface area (Å²) in [7, 11) is 0. The first-order chi connectivity index (χ1) is 9.31. The van der Waals surface area contributed by atoms with Crippen molar-refractivity contribution in [3.8, 4) is 0 Å². The third-order valence-corrected chi connectivity index (χ3v) is 5.23. The molecule has 2 fully saturated rings. The number of nitrogens with zero attached hydrogens (tertiary/aromatic N) is 3. The second kappa shape index (κ2) is 6.20. The van der Waals surface area contributed by atoms with Crippen LogP contribution in [0.5, 0.6) is 0 Å². The van der Waals surface area contributed by atoms with Gasteiger partial charge in [-0.05, 0) is 38.8 Å². The smallest absolute Gasteiger partial charge is 0.180 e. The molecular weight excluding hydrogens is 256 g/mol. The topological polar surface area (TPSA) is 45.4 Å². The van der Waals surface area contributed by atoms with Crippen LogP contribution in [0.4, 0.5) is 5.13 Å². The Morgan fingerprint density at radius 2 is 1.89 bits per heavy atom. The molecule has 0 aliphatic carbocycles. The van der Waals surface area contributed by atoms with Gasteiger partial charge in [0.15, 0.2) is 5.13 Å². The monoisotopic (exact) mass is 280 g/mol. The second-order valence-electron chi connectivity index (χ2n) is 5.77. The van der Waals surface area contributed by atoms with Crippen LogP contribution in [-0.4, -0.2) is 47.0 Å². The molecule has 0 spiro atoms. The molecular formula is C14H24N4S. The van der Waals surface area contributed by atoms with Crippen molar-refractivity contribution in [1.29, 1.82) is 0 Å². The van der Waals surface area contributed by atoms with Crippen LogP contribution in [0.1, 0.15) is 37.0 Å². The fourth-order valence-electron chi connectivity index (χ4n) is 3.34. The minimum absolute atomic E-state index is 0.693. The van der Waals surface area contributed by atoms with Gasteiger partial charge in [0.25, 0.3) is 0 Å². The van der Waals surface area contributed by atoms with E-state index in [0.717, 1.165) is 12.6 Å². The Bertz CT molecular complexity index is 392. The zero-order chi connectivity index (χ0) is 13.1. The summed E-state index contributed by atoms with van der Waals surface area (Å²) in [5, 5.41) is 0.693. The molecule has 0 amide bonds. The third-order valence-electron chi connectivity index (χ3n) is 4.42. The SMILES string of the molecule is Nc1ncc(CN2CCC(N3CCCCC3)CC2)s1. The number of nitrogen functional groups attached to an aromatic ring is 1. The van der Waals surface area contributed by atoms with Crippen LogP contribution in [0.2, 0.25) is 0 Å². The maximum atomic E-state index is 5.69. The molecule has 0 unspecified atom stereocenters. The summed E-state index contributed by atoms with van der Waals surface area (Å²) in [5.74, 6) is 0. The minimum atomic E-state index is 0.693. The first kappa shape index (κ1) is 13.3. The molecule has 1 aromatic heterocycles. The Kier molecular flexibility index (Phi) is 4.35. The lowest BCUT2D eigenvalue weighted by Crippen LogP contribution is -2.46. The quantitative estimate of drug-likeness (QED) is 0.922. The Morgan fingerprint density at radius 3 is 2.53 bits per heavy atom. The van der Waals surface area contributed by atoms with Crippen LogP contribution >= 0.6 is 11.3 Å². The van der Waals surface area contributed by atoms with Crippen molar-refractivity contribution in [1.82, 2.24) is 14.8 Å². The van der Waals surface area contributed by atoms with Crippen LogP contribution < -0.4 is 5.73 Å². The molecule has 0 saturated carbocycles. The van der Waals surface area contributed by atoms with Gasteiger partial charge in [0.1, 0.15) is 0 Å². The van der Waals surface area contributed by atoms with Crippen molar-refractivity contribution < 1.29 is 0 Å². The van der Waals surface area contributed by atoms with Crippen molar-refractivity contribution in [2.75, 3.05) is 31.9 Å². The van der Waals surface area contributed by atoms with E-state index in [1.54, 1.807) is 11.3 Å². The molecule has 0 aromatic carbocycles. The van der Waals surface area contributed by atoms with Gasteiger partial charge in [0, 0.05) is 36.8 Å². The number of rotatable bonds is 3. The Labute approximate surface area is 119 Å². The molecule has 3 heterocycles. The normalized spacial score (nSPS) is 23.8. The molecule has 0 atom stereocenters. The van der Waals surface area contributed by atoms with Crippen molar-refractivity contribution in [2.45, 2.75) is 44.7 Å². The number of likely N-dealkylation sites (tertiary alicyclic amines) is 2. The van der Waals surface area contributed by atoms with E-state index in [2.05, 4.69) is 14.8 Å². The van der Waals surface area contributed by atoms with Gasteiger partial charge in [-0.1, -0.05) is 6.42 Å². The lowest BCUT2D eigenvalue weighted by molar-refractivity contribution is 0.0900. The predicted molar refractivity (Wildman–Crippen MR) is 80.2 cm³/mol. The molecule has 2 saturated heterocycles. The van der Waals surface area contributed by atoms with E-state index in [0.29, 0.717) is 5.13 Å². The van der Waals surface area contributed by atoms with Gasteiger partial charge in [-0.25, -0.2) is 4.98 Å². The number of hydrogen-bond donors (Lipinski definition) is 1. The van der Waals surface area contributed by atoms with Gasteiger partial charge >= 0.3 is 0 Å². The fraction of sp³-hybridized carbons (Fsp3) is 0.786. The number of nitrogens with two attached hydrogens (primary N) is 1. The van der Waals surface area contributed by atoms with Gasteiger partial charge in [-0.3, -0.25) is 4.90 Å². The number of aromatic nitrogens is 1. The zero-order valence-electron chi connectivity index (χ0n) is 11.6. The van der Waals surface area contributed by atoms with E-state index in [1.807, 2.05) is 6.20 Å². The molecule has 2 aliphatic rings. The summed E-state index contributed by atoms with van der Waals surface area (Å²) >= 11 is 1.62. The van der Waals surface area contributed by atoms with Gasteiger partial charge in [-0.15, -0.1) is 11.3 Å². The lowest BCUT2D eigenvalue weighted by atomic mass is 10.00. The second-order valence-corrected chi connectivity index (χ2v) is 6.92. The Hall–Kier alpha value is -0.650. The Balaban J connectivity index is 1.46. The van der Waals surface area contributed by atoms with Crippen LogP contribution in [-0.2, 0) is 6.54 Å². The molecule has 0 bridgehead atoms. The number of hydrogen-bond acceptors (Lipinski definition) is 5. The minimum Gasteiger partial charge on any atom is -0.375 e. The highest BCUT2D eigenvalue weighted by Crippen LogP contribution is 2.23. The summed E-state index contributed by atoms with van der Waals surface area (Å²) in [4.78, 5) is 10.7. The first-order valence-corrected chi connectivity index (χ1v) is 8.29. The molecule has 19 heavy (non-hydrogen) atoms. The van der Waals surface area contributed by atoms with Gasteiger partial charge in [0.2, 0.25) is 0 Å². The van der Waals surface area contributed by atoms with Crippen LogP contribution in [0.25, 0.3) is 0 Å². The average Bonchev–Trinajstić information content (AvgIpc) is 2.86. The summed E-state index contributed by atoms with van der Waals surface area (Å²) < 4.78 is 0.